The van der Waals surface area contributed by atoms with Crippen molar-refractivity contribution >= 4 is 11.7 Å². The Bertz CT molecular complexity index is 774. The first-order valence-electron chi connectivity index (χ1n) is 8.71. The smallest absolute Gasteiger partial charge is 0.322 e. The average Bonchev–Trinajstić information content (AvgIpc) is 3.12. The van der Waals surface area contributed by atoms with Crippen molar-refractivity contribution in [2.24, 2.45) is 5.92 Å². The molecule has 2 unspecified atom stereocenters. The van der Waals surface area contributed by atoms with E-state index in [0.29, 0.717) is 17.9 Å². The van der Waals surface area contributed by atoms with Crippen LogP contribution in [0.4, 0.5) is 10.5 Å². The number of rotatable bonds is 2. The summed E-state index contributed by atoms with van der Waals surface area (Å²) in [5, 5.41) is 3.06. The van der Waals surface area contributed by atoms with Gasteiger partial charge in [-0.15, -0.1) is 0 Å². The summed E-state index contributed by atoms with van der Waals surface area (Å²) < 4.78 is 5.63. The molecule has 5 nitrogen and oxygen atoms in total. The van der Waals surface area contributed by atoms with Crippen molar-refractivity contribution in [3.63, 3.8) is 0 Å². The number of urea groups is 1. The summed E-state index contributed by atoms with van der Waals surface area (Å²) in [6.07, 6.45) is 6.53. The standard InChI is InChI=1S/C19H23N3O2.H2/c1-12-6-7-15(9-17(12)18-20-10-13(2)24-18)21-19(23)22-11-14-4-3-5-16(22)8-14;/h6-7,9-10,14,16H,3-5,8,11H2,1-2H3,(H,21,23);1H. The molecule has 1 saturated heterocycles. The molecule has 1 aromatic carbocycles. The van der Waals surface area contributed by atoms with Crippen LogP contribution in [-0.4, -0.2) is 28.5 Å². The van der Waals surface area contributed by atoms with E-state index in [9.17, 15) is 4.79 Å². The Labute approximate surface area is 143 Å². The molecule has 2 bridgehead atoms. The third-order valence-electron chi connectivity index (χ3n) is 5.25. The molecule has 0 spiro atoms. The number of aryl methyl sites for hydroxylation is 2. The van der Waals surface area contributed by atoms with Crippen molar-refractivity contribution in [1.29, 1.82) is 0 Å². The maximum atomic E-state index is 12.7. The Morgan fingerprint density at radius 3 is 3.00 bits per heavy atom. The van der Waals surface area contributed by atoms with Crippen molar-refractivity contribution in [2.75, 3.05) is 11.9 Å². The topological polar surface area (TPSA) is 58.4 Å². The fourth-order valence-corrected chi connectivity index (χ4v) is 3.99. The second-order valence-electron chi connectivity index (χ2n) is 7.07. The lowest BCUT2D eigenvalue weighted by atomic mass is 9.91. The lowest BCUT2D eigenvalue weighted by Gasteiger charge is -2.25. The van der Waals surface area contributed by atoms with Gasteiger partial charge in [-0.2, -0.15) is 0 Å². The highest BCUT2D eigenvalue weighted by Crippen LogP contribution is 2.35. The van der Waals surface area contributed by atoms with Crippen molar-refractivity contribution in [1.82, 2.24) is 9.88 Å². The van der Waals surface area contributed by atoms with E-state index in [4.69, 9.17) is 4.42 Å². The van der Waals surface area contributed by atoms with E-state index >= 15 is 0 Å². The molecule has 128 valence electrons. The van der Waals surface area contributed by atoms with Crippen molar-refractivity contribution in [3.8, 4) is 11.5 Å². The number of likely N-dealkylation sites (tertiary alicyclic amines) is 1. The summed E-state index contributed by atoms with van der Waals surface area (Å²) in [4.78, 5) is 19.0. The lowest BCUT2D eigenvalue weighted by Crippen LogP contribution is -2.38. The van der Waals surface area contributed by atoms with Gasteiger partial charge in [-0.3, -0.25) is 0 Å². The molecule has 1 saturated carbocycles. The largest absolute Gasteiger partial charge is 0.441 e. The van der Waals surface area contributed by atoms with Gasteiger partial charge in [0.1, 0.15) is 5.76 Å². The quantitative estimate of drug-likeness (QED) is 0.876. The number of hydrogen-bond acceptors (Lipinski definition) is 3. The normalized spacial score (nSPS) is 22.7. The van der Waals surface area contributed by atoms with E-state index in [1.54, 1.807) is 6.20 Å². The minimum Gasteiger partial charge on any atom is -0.441 e. The van der Waals surface area contributed by atoms with Crippen LogP contribution in [0.1, 0.15) is 38.4 Å². The molecule has 1 aromatic heterocycles. The third kappa shape index (κ3) is 2.79. The number of carbonyl (C=O) groups is 1. The number of nitrogens with zero attached hydrogens (tertiary/aromatic N) is 2. The van der Waals surface area contributed by atoms with E-state index < -0.39 is 0 Å². The summed E-state index contributed by atoms with van der Waals surface area (Å²) in [6.45, 7) is 4.79. The van der Waals surface area contributed by atoms with Crippen LogP contribution in [0.5, 0.6) is 0 Å². The monoisotopic (exact) mass is 327 g/mol. The SMILES string of the molecule is Cc1cnc(-c2cc(NC(=O)N3CC4CCCC3C4)ccc2C)o1.[HH]. The lowest BCUT2D eigenvalue weighted by molar-refractivity contribution is 0.204. The number of benzene rings is 1. The van der Waals surface area contributed by atoms with Gasteiger partial charge in [0.05, 0.1) is 6.20 Å². The zero-order chi connectivity index (χ0) is 16.7. The fourth-order valence-electron chi connectivity index (χ4n) is 3.99. The molecule has 4 rings (SSSR count). The summed E-state index contributed by atoms with van der Waals surface area (Å²) in [5.41, 5.74) is 2.78. The average molecular weight is 327 g/mol. The molecule has 2 amide bonds. The molecular weight excluding hydrogens is 302 g/mol. The molecule has 2 atom stereocenters. The number of carbonyl (C=O) groups excluding carboxylic acids is 1. The highest BCUT2D eigenvalue weighted by molar-refractivity contribution is 5.90. The van der Waals surface area contributed by atoms with E-state index in [-0.39, 0.29) is 7.46 Å². The third-order valence-corrected chi connectivity index (χ3v) is 5.25. The van der Waals surface area contributed by atoms with Gasteiger partial charge in [-0.05, 0) is 56.7 Å². The molecule has 2 aromatic rings. The van der Waals surface area contributed by atoms with E-state index in [1.165, 1.54) is 19.3 Å². The molecule has 2 aliphatic rings. The maximum Gasteiger partial charge on any atom is 0.322 e. The van der Waals surface area contributed by atoms with Crippen LogP contribution in [0.2, 0.25) is 0 Å². The molecule has 2 heterocycles. The van der Waals surface area contributed by atoms with Gasteiger partial charge in [-0.25, -0.2) is 9.78 Å². The molecule has 2 fully saturated rings. The molecule has 24 heavy (non-hydrogen) atoms. The number of fused-ring (bicyclic) bond motifs is 2. The first kappa shape index (κ1) is 15.2. The van der Waals surface area contributed by atoms with Gasteiger partial charge in [0, 0.05) is 25.3 Å². The minimum absolute atomic E-state index is 0. The van der Waals surface area contributed by atoms with Gasteiger partial charge in [0.25, 0.3) is 0 Å². The zero-order valence-electron chi connectivity index (χ0n) is 14.2. The van der Waals surface area contributed by atoms with Crippen LogP contribution in [0, 0.1) is 19.8 Å². The van der Waals surface area contributed by atoms with Gasteiger partial charge in [0.15, 0.2) is 0 Å². The number of hydrogen-bond donors (Lipinski definition) is 1. The second kappa shape index (κ2) is 5.96. The van der Waals surface area contributed by atoms with Crippen molar-refractivity contribution < 1.29 is 10.6 Å². The van der Waals surface area contributed by atoms with Crippen molar-refractivity contribution in [3.05, 3.63) is 35.7 Å². The Hall–Kier alpha value is -2.30. The molecule has 1 aliphatic carbocycles. The highest BCUT2D eigenvalue weighted by atomic mass is 16.4. The van der Waals surface area contributed by atoms with Crippen LogP contribution < -0.4 is 5.32 Å². The minimum atomic E-state index is 0. The first-order valence-corrected chi connectivity index (χ1v) is 8.71. The summed E-state index contributed by atoms with van der Waals surface area (Å²) in [7, 11) is 0. The summed E-state index contributed by atoms with van der Waals surface area (Å²) >= 11 is 0. The van der Waals surface area contributed by atoms with Crippen LogP contribution in [0.25, 0.3) is 11.5 Å². The Balaban J connectivity index is 0.00000182. The van der Waals surface area contributed by atoms with Crippen LogP contribution in [0.15, 0.2) is 28.8 Å². The van der Waals surface area contributed by atoms with Crippen LogP contribution in [-0.2, 0) is 0 Å². The van der Waals surface area contributed by atoms with Gasteiger partial charge in [0.2, 0.25) is 5.89 Å². The Morgan fingerprint density at radius 1 is 1.38 bits per heavy atom. The fraction of sp³-hybridized carbons (Fsp3) is 0.474. The molecule has 0 radical (unpaired) electrons. The Kier molecular flexibility index (Phi) is 3.79. The van der Waals surface area contributed by atoms with Gasteiger partial charge < -0.3 is 14.6 Å². The maximum absolute atomic E-state index is 12.7. The molecular formula is C19H25N3O2. The zero-order valence-corrected chi connectivity index (χ0v) is 14.2. The van der Waals surface area contributed by atoms with Gasteiger partial charge in [-0.1, -0.05) is 12.5 Å². The number of amides is 2. The molecule has 1 aliphatic heterocycles. The Morgan fingerprint density at radius 2 is 2.25 bits per heavy atom. The van der Waals surface area contributed by atoms with Crippen molar-refractivity contribution in [2.45, 2.75) is 45.6 Å². The number of oxazole rings is 1. The van der Waals surface area contributed by atoms with E-state index in [1.807, 2.05) is 36.9 Å². The summed E-state index contributed by atoms with van der Waals surface area (Å²) in [5.74, 6) is 2.07. The van der Waals surface area contributed by atoms with Gasteiger partial charge >= 0.3 is 6.03 Å². The number of anilines is 1. The second-order valence-corrected chi connectivity index (χ2v) is 7.07. The van der Waals surface area contributed by atoms with Crippen LogP contribution >= 0.6 is 0 Å². The highest BCUT2D eigenvalue weighted by Gasteiger charge is 2.37. The van der Waals surface area contributed by atoms with Crippen LogP contribution in [0.3, 0.4) is 0 Å². The first-order chi connectivity index (χ1) is 11.6. The van der Waals surface area contributed by atoms with E-state index in [2.05, 4.69) is 10.3 Å². The van der Waals surface area contributed by atoms with E-state index in [0.717, 1.165) is 35.5 Å². The predicted octanol–water partition coefficient (Wildman–Crippen LogP) is 4.61. The molecule has 5 heteroatoms. The molecule has 1 N–H and O–H groups in total. The summed E-state index contributed by atoms with van der Waals surface area (Å²) in [6, 6.07) is 6.31. The predicted molar refractivity (Wildman–Crippen MR) is 95.0 cm³/mol. The number of aromatic nitrogens is 1. The number of nitrogens with one attached hydrogen (secondary N) is 1.